The smallest absolute Gasteiger partial charge is 0.342 e. The number of rotatable bonds is 3. The van der Waals surface area contributed by atoms with Crippen LogP contribution in [0.5, 0.6) is 0 Å². The summed E-state index contributed by atoms with van der Waals surface area (Å²) in [5.41, 5.74) is 2.89. The Hall–Kier alpha value is -3.12. The minimum absolute atomic E-state index is 0.0187. The topological polar surface area (TPSA) is 78.7 Å². The lowest BCUT2D eigenvalue weighted by Crippen LogP contribution is -2.25. The Morgan fingerprint density at radius 1 is 1.04 bits per heavy atom. The molecule has 4 rings (SSSR count). The third kappa shape index (κ3) is 3.39. The van der Waals surface area contributed by atoms with Crippen molar-refractivity contribution in [1.29, 1.82) is 0 Å². The van der Waals surface area contributed by atoms with Gasteiger partial charge in [0, 0.05) is 23.6 Å². The summed E-state index contributed by atoms with van der Waals surface area (Å²) in [6.45, 7) is 1.86. The molecule has 2 heterocycles. The van der Waals surface area contributed by atoms with Gasteiger partial charge in [-0.1, -0.05) is 23.7 Å². The van der Waals surface area contributed by atoms with E-state index in [4.69, 9.17) is 21.1 Å². The summed E-state index contributed by atoms with van der Waals surface area (Å²) in [5.74, 6) is 0.132. The molecule has 6 nitrogen and oxygen atoms in total. The van der Waals surface area contributed by atoms with Crippen molar-refractivity contribution in [3.63, 3.8) is 0 Å². The molecule has 2 aliphatic heterocycles. The summed E-state index contributed by atoms with van der Waals surface area (Å²) >= 11 is 5.93. The van der Waals surface area contributed by atoms with Crippen molar-refractivity contribution in [1.82, 2.24) is 0 Å². The van der Waals surface area contributed by atoms with E-state index in [2.05, 4.69) is 0 Å². The first kappa shape index (κ1) is 18.3. The number of benzene rings is 2. The molecule has 0 bridgehead atoms. The van der Waals surface area contributed by atoms with Gasteiger partial charge in [0.25, 0.3) is 5.69 Å². The number of nitro groups is 1. The van der Waals surface area contributed by atoms with Crippen molar-refractivity contribution < 1.29 is 19.2 Å². The number of esters is 1. The molecule has 0 aliphatic carbocycles. The first-order chi connectivity index (χ1) is 13.4. The fraction of sp³-hybridized carbons (Fsp3) is 0.190. The number of carbonyl (C=O) groups excluding carboxylic acids is 1. The summed E-state index contributed by atoms with van der Waals surface area (Å²) in [7, 11) is 0. The number of nitrogens with zero attached hydrogens (tertiary/aromatic N) is 1. The maximum atomic E-state index is 12.5. The monoisotopic (exact) mass is 397 g/mol. The third-order valence-corrected chi connectivity index (χ3v) is 5.09. The van der Waals surface area contributed by atoms with Gasteiger partial charge in [-0.05, 0) is 54.0 Å². The lowest BCUT2D eigenvalue weighted by Gasteiger charge is -2.33. The number of hydrogen-bond acceptors (Lipinski definition) is 5. The number of cyclic esters (lactones) is 1. The predicted octanol–water partition coefficient (Wildman–Crippen LogP) is 5.21. The van der Waals surface area contributed by atoms with E-state index < -0.39 is 23.1 Å². The van der Waals surface area contributed by atoms with Crippen LogP contribution in [0.4, 0.5) is 5.69 Å². The molecule has 0 N–H and O–H groups in total. The zero-order valence-electron chi connectivity index (χ0n) is 14.9. The van der Waals surface area contributed by atoms with Gasteiger partial charge < -0.3 is 9.47 Å². The highest BCUT2D eigenvalue weighted by molar-refractivity contribution is 6.30. The SMILES string of the molecule is CC1=CC2=C(CC(c3ccc(Cl)cc3)OC2=O)OC1c1ccc([N+](=O)[O-])cc1. The zero-order valence-corrected chi connectivity index (χ0v) is 15.7. The second-order valence-electron chi connectivity index (χ2n) is 6.72. The molecule has 2 atom stereocenters. The van der Waals surface area contributed by atoms with Crippen LogP contribution in [-0.4, -0.2) is 10.9 Å². The van der Waals surface area contributed by atoms with Crippen molar-refractivity contribution in [2.75, 3.05) is 0 Å². The maximum absolute atomic E-state index is 12.5. The van der Waals surface area contributed by atoms with Crippen LogP contribution in [-0.2, 0) is 14.3 Å². The number of carbonyl (C=O) groups is 1. The van der Waals surface area contributed by atoms with Crippen molar-refractivity contribution in [3.8, 4) is 0 Å². The first-order valence-corrected chi connectivity index (χ1v) is 9.09. The third-order valence-electron chi connectivity index (χ3n) is 4.83. The summed E-state index contributed by atoms with van der Waals surface area (Å²) in [4.78, 5) is 22.9. The minimum atomic E-state index is -0.451. The van der Waals surface area contributed by atoms with Crippen LogP contribution in [0.3, 0.4) is 0 Å². The Labute approximate surface area is 166 Å². The van der Waals surface area contributed by atoms with Crippen molar-refractivity contribution >= 4 is 23.3 Å². The Bertz CT molecular complexity index is 1010. The van der Waals surface area contributed by atoms with E-state index in [1.165, 1.54) is 12.1 Å². The normalized spacial score (nSPS) is 21.4. The minimum Gasteiger partial charge on any atom is -0.485 e. The van der Waals surface area contributed by atoms with Crippen molar-refractivity contribution in [2.45, 2.75) is 25.6 Å². The van der Waals surface area contributed by atoms with Gasteiger partial charge in [0.1, 0.15) is 18.0 Å². The molecule has 0 saturated heterocycles. The van der Waals surface area contributed by atoms with E-state index in [1.54, 1.807) is 30.3 Å². The van der Waals surface area contributed by atoms with Gasteiger partial charge in [0.05, 0.1) is 10.5 Å². The van der Waals surface area contributed by atoms with Crippen LogP contribution < -0.4 is 0 Å². The quantitative estimate of drug-likeness (QED) is 0.403. The van der Waals surface area contributed by atoms with E-state index in [-0.39, 0.29) is 5.69 Å². The molecule has 0 fully saturated rings. The fourth-order valence-corrected chi connectivity index (χ4v) is 3.51. The molecular formula is C21H16ClNO5. The number of hydrogen-bond donors (Lipinski definition) is 0. The van der Waals surface area contributed by atoms with Crippen LogP contribution in [0, 0.1) is 10.1 Å². The molecule has 2 aromatic carbocycles. The summed E-state index contributed by atoms with van der Waals surface area (Å²) in [6, 6.07) is 13.4. The van der Waals surface area contributed by atoms with Gasteiger partial charge >= 0.3 is 5.97 Å². The second-order valence-corrected chi connectivity index (χ2v) is 7.16. The number of halogens is 1. The van der Waals surface area contributed by atoms with E-state index in [0.29, 0.717) is 22.8 Å². The molecule has 0 amide bonds. The average Bonchev–Trinajstić information content (AvgIpc) is 2.68. The lowest BCUT2D eigenvalue weighted by molar-refractivity contribution is -0.384. The number of ether oxygens (including phenoxy) is 2. The molecule has 28 heavy (non-hydrogen) atoms. The molecule has 0 radical (unpaired) electrons. The van der Waals surface area contributed by atoms with Crippen LogP contribution in [0.2, 0.25) is 5.02 Å². The molecule has 142 valence electrons. The van der Waals surface area contributed by atoms with Crippen LogP contribution in [0.1, 0.15) is 36.7 Å². The van der Waals surface area contributed by atoms with E-state index in [9.17, 15) is 14.9 Å². The average molecular weight is 398 g/mol. The fourth-order valence-electron chi connectivity index (χ4n) is 3.38. The van der Waals surface area contributed by atoms with Crippen LogP contribution in [0.15, 0.2) is 71.5 Å². The Morgan fingerprint density at radius 3 is 2.32 bits per heavy atom. The summed E-state index contributed by atoms with van der Waals surface area (Å²) in [6.07, 6.45) is 1.32. The van der Waals surface area contributed by atoms with E-state index in [1.807, 2.05) is 19.1 Å². The Kier molecular flexibility index (Phi) is 4.65. The summed E-state index contributed by atoms with van der Waals surface area (Å²) < 4.78 is 11.7. The molecular weight excluding hydrogens is 382 g/mol. The molecule has 0 aromatic heterocycles. The van der Waals surface area contributed by atoms with Crippen molar-refractivity contribution in [2.24, 2.45) is 0 Å². The van der Waals surface area contributed by atoms with Gasteiger partial charge in [-0.25, -0.2) is 4.79 Å². The van der Waals surface area contributed by atoms with E-state index in [0.717, 1.165) is 16.7 Å². The van der Waals surface area contributed by atoms with Gasteiger partial charge in [-0.3, -0.25) is 10.1 Å². The second kappa shape index (κ2) is 7.13. The van der Waals surface area contributed by atoms with Crippen LogP contribution in [0.25, 0.3) is 0 Å². The molecule has 2 aromatic rings. The van der Waals surface area contributed by atoms with Gasteiger partial charge in [-0.15, -0.1) is 0 Å². The van der Waals surface area contributed by atoms with Crippen molar-refractivity contribution in [3.05, 3.63) is 97.8 Å². The molecule has 2 aliphatic rings. The Balaban J connectivity index is 1.61. The molecule has 7 heteroatoms. The molecule has 0 saturated carbocycles. The first-order valence-electron chi connectivity index (χ1n) is 8.71. The Morgan fingerprint density at radius 2 is 1.68 bits per heavy atom. The lowest BCUT2D eigenvalue weighted by atomic mass is 9.93. The highest BCUT2D eigenvalue weighted by Crippen LogP contribution is 2.42. The predicted molar refractivity (Wildman–Crippen MR) is 103 cm³/mol. The number of non-ortho nitro benzene ring substituents is 1. The molecule has 2 unspecified atom stereocenters. The number of nitro benzene ring substituents is 1. The largest absolute Gasteiger partial charge is 0.485 e. The maximum Gasteiger partial charge on any atom is 0.342 e. The van der Waals surface area contributed by atoms with Gasteiger partial charge in [-0.2, -0.15) is 0 Å². The molecule has 0 spiro atoms. The zero-order chi connectivity index (χ0) is 19.8. The standard InChI is InChI=1S/C21H16ClNO5/c1-12-10-17-19(27-20(12)14-4-8-16(9-5-14)23(25)26)11-18(28-21(17)24)13-2-6-15(22)7-3-13/h2-10,18,20H,11H2,1H3. The van der Waals surface area contributed by atoms with Gasteiger partial charge in [0.15, 0.2) is 0 Å². The highest BCUT2D eigenvalue weighted by Gasteiger charge is 2.35. The van der Waals surface area contributed by atoms with Crippen LogP contribution >= 0.6 is 11.6 Å². The summed E-state index contributed by atoms with van der Waals surface area (Å²) in [5, 5.41) is 11.5. The van der Waals surface area contributed by atoms with E-state index >= 15 is 0 Å². The highest BCUT2D eigenvalue weighted by atomic mass is 35.5. The van der Waals surface area contributed by atoms with Gasteiger partial charge in [0.2, 0.25) is 0 Å².